The van der Waals surface area contributed by atoms with Crippen LogP contribution in [-0.4, -0.2) is 50.0 Å². The molecule has 0 bridgehead atoms. The number of hydrogen-bond acceptors (Lipinski definition) is 4. The summed E-state index contributed by atoms with van der Waals surface area (Å²) in [4.78, 5) is 17.8. The van der Waals surface area contributed by atoms with Crippen LogP contribution in [-0.2, 0) is 0 Å². The Morgan fingerprint density at radius 2 is 2.12 bits per heavy atom. The number of hydrogen-bond donors (Lipinski definition) is 2. The minimum atomic E-state index is -0.705. The lowest BCUT2D eigenvalue weighted by Crippen LogP contribution is -2.37. The zero-order valence-electron chi connectivity index (χ0n) is 14.9. The highest BCUT2D eigenvalue weighted by atomic mass is 16.3. The number of rotatable bonds is 3. The van der Waals surface area contributed by atoms with Crippen LogP contribution in [0.15, 0.2) is 29.2 Å². The maximum Gasteiger partial charge on any atom is 0.257 e. The van der Waals surface area contributed by atoms with Crippen molar-refractivity contribution in [2.45, 2.75) is 38.8 Å². The number of aliphatic hydroxyl groups is 1. The SMILES string of the molecule is Cc1ccc2c(c1)c(=O)[nH]c1c2cnn1C1CCN(CC(C)(C)O)C1. The molecule has 0 aliphatic carbocycles. The number of nitrogens with zero attached hydrogens (tertiary/aromatic N) is 3. The quantitative estimate of drug-likeness (QED) is 0.767. The third-order valence-corrected chi connectivity index (χ3v) is 4.94. The van der Waals surface area contributed by atoms with E-state index in [1.165, 1.54) is 0 Å². The van der Waals surface area contributed by atoms with Crippen molar-refractivity contribution in [2.75, 3.05) is 19.6 Å². The molecule has 2 N–H and O–H groups in total. The van der Waals surface area contributed by atoms with Crippen molar-refractivity contribution < 1.29 is 5.11 Å². The lowest BCUT2D eigenvalue weighted by molar-refractivity contribution is 0.0429. The molecule has 0 amide bonds. The highest BCUT2D eigenvalue weighted by Crippen LogP contribution is 2.28. The number of aromatic amines is 1. The Kier molecular flexibility index (Phi) is 3.70. The van der Waals surface area contributed by atoms with Gasteiger partial charge in [0.2, 0.25) is 0 Å². The normalized spacial score (nSPS) is 19.3. The van der Waals surface area contributed by atoms with Gasteiger partial charge in [0, 0.05) is 30.4 Å². The van der Waals surface area contributed by atoms with Gasteiger partial charge in [-0.05, 0) is 38.6 Å². The van der Waals surface area contributed by atoms with Crippen LogP contribution in [0.4, 0.5) is 0 Å². The van der Waals surface area contributed by atoms with E-state index in [9.17, 15) is 9.90 Å². The fraction of sp³-hybridized carbons (Fsp3) is 0.474. The van der Waals surface area contributed by atoms with E-state index >= 15 is 0 Å². The number of nitrogens with one attached hydrogen (secondary N) is 1. The van der Waals surface area contributed by atoms with Crippen LogP contribution in [0.25, 0.3) is 21.8 Å². The molecule has 3 heterocycles. The highest BCUT2D eigenvalue weighted by Gasteiger charge is 2.29. The molecule has 132 valence electrons. The molecule has 1 aliphatic rings. The fourth-order valence-corrected chi connectivity index (χ4v) is 3.92. The van der Waals surface area contributed by atoms with Crippen LogP contribution < -0.4 is 5.56 Å². The largest absolute Gasteiger partial charge is 0.389 e. The molecule has 1 saturated heterocycles. The molecule has 25 heavy (non-hydrogen) atoms. The highest BCUT2D eigenvalue weighted by molar-refractivity contribution is 6.04. The number of benzene rings is 1. The second kappa shape index (κ2) is 5.68. The molecule has 1 aliphatic heterocycles. The van der Waals surface area contributed by atoms with Gasteiger partial charge in [-0.2, -0.15) is 5.10 Å². The summed E-state index contributed by atoms with van der Waals surface area (Å²) in [6.07, 6.45) is 2.81. The van der Waals surface area contributed by atoms with E-state index in [0.29, 0.717) is 11.9 Å². The Morgan fingerprint density at radius 3 is 2.88 bits per heavy atom. The van der Waals surface area contributed by atoms with Crippen molar-refractivity contribution in [1.82, 2.24) is 19.7 Å². The van der Waals surface area contributed by atoms with Crippen molar-refractivity contribution >= 4 is 21.8 Å². The monoisotopic (exact) mass is 340 g/mol. The van der Waals surface area contributed by atoms with Gasteiger partial charge in [0.1, 0.15) is 5.65 Å². The second-order valence-corrected chi connectivity index (χ2v) is 7.84. The third kappa shape index (κ3) is 2.96. The molecule has 6 nitrogen and oxygen atoms in total. The van der Waals surface area contributed by atoms with Crippen LogP contribution in [0.3, 0.4) is 0 Å². The first-order valence-corrected chi connectivity index (χ1v) is 8.76. The average Bonchev–Trinajstić information content (AvgIpc) is 3.12. The maximum absolute atomic E-state index is 12.5. The van der Waals surface area contributed by atoms with Gasteiger partial charge in [-0.15, -0.1) is 0 Å². The first kappa shape index (κ1) is 16.3. The molecular formula is C19H24N4O2. The van der Waals surface area contributed by atoms with Gasteiger partial charge in [-0.3, -0.25) is 9.69 Å². The molecule has 3 aromatic rings. The number of β-amino-alcohol motifs (C(OH)–C–C–N with tert-alkyl or cyclic N) is 1. The van der Waals surface area contributed by atoms with E-state index < -0.39 is 5.60 Å². The van der Waals surface area contributed by atoms with E-state index in [1.54, 1.807) is 0 Å². The minimum Gasteiger partial charge on any atom is -0.389 e. The van der Waals surface area contributed by atoms with E-state index in [-0.39, 0.29) is 11.6 Å². The molecule has 0 spiro atoms. The van der Waals surface area contributed by atoms with E-state index in [4.69, 9.17) is 0 Å². The van der Waals surface area contributed by atoms with Gasteiger partial charge in [0.25, 0.3) is 5.56 Å². The summed E-state index contributed by atoms with van der Waals surface area (Å²) in [5.41, 5.74) is 1.09. The predicted octanol–water partition coefficient (Wildman–Crippen LogP) is 2.20. The zero-order chi connectivity index (χ0) is 17.8. The summed E-state index contributed by atoms with van der Waals surface area (Å²) in [7, 11) is 0. The first-order chi connectivity index (χ1) is 11.8. The van der Waals surface area contributed by atoms with E-state index in [1.807, 2.05) is 49.8 Å². The summed E-state index contributed by atoms with van der Waals surface area (Å²) < 4.78 is 1.94. The van der Waals surface area contributed by atoms with Crippen molar-refractivity contribution in [1.29, 1.82) is 0 Å². The summed E-state index contributed by atoms with van der Waals surface area (Å²) in [5, 5.41) is 17.2. The Labute approximate surface area is 146 Å². The van der Waals surface area contributed by atoms with Crippen LogP contribution >= 0.6 is 0 Å². The van der Waals surface area contributed by atoms with Gasteiger partial charge in [-0.1, -0.05) is 17.7 Å². The van der Waals surface area contributed by atoms with Crippen molar-refractivity contribution in [3.63, 3.8) is 0 Å². The first-order valence-electron chi connectivity index (χ1n) is 8.76. The fourth-order valence-electron chi connectivity index (χ4n) is 3.92. The standard InChI is InChI=1S/C19H24N4O2/c1-12-4-5-14-15(8-12)18(24)21-17-16(14)9-20-23(17)13-6-7-22(10-13)11-19(2,3)25/h4-5,8-9,13,25H,6-7,10-11H2,1-3H3,(H,21,24). The maximum atomic E-state index is 12.5. The number of H-pyrrole nitrogens is 1. The molecule has 1 atom stereocenters. The van der Waals surface area contributed by atoms with Crippen molar-refractivity contribution in [3.05, 3.63) is 40.3 Å². The van der Waals surface area contributed by atoms with Crippen LogP contribution in [0.2, 0.25) is 0 Å². The Bertz CT molecular complexity index is 996. The number of fused-ring (bicyclic) bond motifs is 3. The Hall–Kier alpha value is -2.18. The number of likely N-dealkylation sites (tertiary alicyclic amines) is 1. The second-order valence-electron chi connectivity index (χ2n) is 7.84. The summed E-state index contributed by atoms with van der Waals surface area (Å²) >= 11 is 0. The van der Waals surface area contributed by atoms with Gasteiger partial charge in [0.15, 0.2) is 0 Å². The van der Waals surface area contributed by atoms with Crippen molar-refractivity contribution in [2.24, 2.45) is 0 Å². The average molecular weight is 340 g/mol. The van der Waals surface area contributed by atoms with E-state index in [2.05, 4.69) is 15.0 Å². The molecule has 1 fully saturated rings. The smallest absolute Gasteiger partial charge is 0.257 e. The van der Waals surface area contributed by atoms with Gasteiger partial charge in [0.05, 0.1) is 17.8 Å². The van der Waals surface area contributed by atoms with Crippen LogP contribution in [0, 0.1) is 6.92 Å². The molecule has 2 aromatic heterocycles. The summed E-state index contributed by atoms with van der Waals surface area (Å²) in [6.45, 7) is 8.04. The lowest BCUT2D eigenvalue weighted by atomic mass is 10.1. The van der Waals surface area contributed by atoms with Crippen LogP contribution in [0.5, 0.6) is 0 Å². The Morgan fingerprint density at radius 1 is 1.32 bits per heavy atom. The molecule has 4 rings (SSSR count). The molecule has 0 saturated carbocycles. The predicted molar refractivity (Wildman–Crippen MR) is 99.0 cm³/mol. The topological polar surface area (TPSA) is 74.2 Å². The van der Waals surface area contributed by atoms with Gasteiger partial charge in [-0.25, -0.2) is 4.68 Å². The van der Waals surface area contributed by atoms with Gasteiger partial charge < -0.3 is 10.1 Å². The molecular weight excluding hydrogens is 316 g/mol. The van der Waals surface area contributed by atoms with Crippen molar-refractivity contribution in [3.8, 4) is 0 Å². The summed E-state index contributed by atoms with van der Waals surface area (Å²) in [6, 6.07) is 6.16. The lowest BCUT2D eigenvalue weighted by Gasteiger charge is -2.25. The Balaban J connectivity index is 1.74. The van der Waals surface area contributed by atoms with Crippen LogP contribution in [0.1, 0.15) is 31.9 Å². The molecule has 1 aromatic carbocycles. The zero-order valence-corrected chi connectivity index (χ0v) is 14.9. The number of aryl methyl sites for hydroxylation is 1. The third-order valence-electron chi connectivity index (χ3n) is 4.94. The molecule has 1 unspecified atom stereocenters. The number of pyridine rings is 1. The van der Waals surface area contributed by atoms with Gasteiger partial charge >= 0.3 is 0 Å². The minimum absolute atomic E-state index is 0.0701. The molecule has 6 heteroatoms. The molecule has 0 radical (unpaired) electrons. The number of aromatic nitrogens is 3. The van der Waals surface area contributed by atoms with E-state index in [0.717, 1.165) is 41.5 Å². The summed E-state index contributed by atoms with van der Waals surface area (Å²) in [5.74, 6) is 0.